The first-order chi connectivity index (χ1) is 14.0. The molecule has 0 bridgehead atoms. The van der Waals surface area contributed by atoms with Crippen molar-refractivity contribution in [3.8, 4) is 11.3 Å². The Kier molecular flexibility index (Phi) is 6.00. The molecule has 0 saturated heterocycles. The Morgan fingerprint density at radius 2 is 1.32 bits per heavy atom. The zero-order valence-corrected chi connectivity index (χ0v) is 22.2. The summed E-state index contributed by atoms with van der Waals surface area (Å²) in [6.07, 6.45) is 7.60. The molecular weight excluding hydrogens is 374 g/mol. The summed E-state index contributed by atoms with van der Waals surface area (Å²) in [6, 6.07) is 9.72. The third-order valence-corrected chi connectivity index (χ3v) is 7.80. The van der Waals surface area contributed by atoms with Crippen molar-refractivity contribution in [3.05, 3.63) is 52.7 Å². The van der Waals surface area contributed by atoms with Gasteiger partial charge in [-0.25, -0.2) is 4.57 Å². The van der Waals surface area contributed by atoms with Gasteiger partial charge < -0.3 is 0 Å². The molecule has 0 atom stereocenters. The predicted molar refractivity (Wildman–Crippen MR) is 135 cm³/mol. The maximum absolute atomic E-state index is 2.48. The highest BCUT2D eigenvalue weighted by atomic mass is 14.9. The fraction of sp³-hybridized carbons (Fsp3) is 0.633. The lowest BCUT2D eigenvalue weighted by atomic mass is 9.63. The second kappa shape index (κ2) is 7.75. The smallest absolute Gasteiger partial charge is 0.201 e. The third-order valence-electron chi connectivity index (χ3n) is 7.80. The molecule has 0 aliphatic heterocycles. The predicted octanol–water partition coefficient (Wildman–Crippen LogP) is 7.94. The van der Waals surface area contributed by atoms with Crippen LogP contribution in [0.2, 0.25) is 0 Å². The van der Waals surface area contributed by atoms with E-state index in [1.165, 1.54) is 59.2 Å². The zero-order valence-electron chi connectivity index (χ0n) is 22.2. The van der Waals surface area contributed by atoms with E-state index in [9.17, 15) is 0 Å². The monoisotopic (exact) mass is 420 g/mol. The van der Waals surface area contributed by atoms with Crippen LogP contribution in [0.25, 0.3) is 11.3 Å². The van der Waals surface area contributed by atoms with Crippen LogP contribution < -0.4 is 4.57 Å². The number of hydrogen-bond donors (Lipinski definition) is 0. The first-order valence-electron chi connectivity index (χ1n) is 12.2. The molecule has 0 unspecified atom stereocenters. The Morgan fingerprint density at radius 3 is 1.81 bits per heavy atom. The number of aryl methyl sites for hydroxylation is 2. The van der Waals surface area contributed by atoms with E-state index in [-0.39, 0.29) is 10.8 Å². The molecule has 0 N–H and O–H groups in total. The van der Waals surface area contributed by atoms with Gasteiger partial charge in [0.05, 0.1) is 0 Å². The van der Waals surface area contributed by atoms with E-state index in [1.54, 1.807) is 0 Å². The summed E-state index contributed by atoms with van der Waals surface area (Å²) >= 11 is 0. The second-order valence-corrected chi connectivity index (χ2v) is 13.4. The highest BCUT2D eigenvalue weighted by Gasteiger charge is 2.36. The van der Waals surface area contributed by atoms with Crippen LogP contribution in [0.1, 0.15) is 110 Å². The average Bonchev–Trinajstić information content (AvgIpc) is 2.63. The van der Waals surface area contributed by atoms with Gasteiger partial charge in [-0.3, -0.25) is 0 Å². The van der Waals surface area contributed by atoms with E-state index < -0.39 is 0 Å². The van der Waals surface area contributed by atoms with Gasteiger partial charge in [0.25, 0.3) is 0 Å². The topological polar surface area (TPSA) is 3.88 Å². The lowest BCUT2D eigenvalue weighted by Crippen LogP contribution is -2.36. The van der Waals surface area contributed by atoms with Gasteiger partial charge in [0.15, 0.2) is 6.20 Å². The Labute approximate surface area is 192 Å². The van der Waals surface area contributed by atoms with Crippen molar-refractivity contribution in [1.82, 2.24) is 0 Å². The van der Waals surface area contributed by atoms with Gasteiger partial charge in [0.2, 0.25) is 5.69 Å². The summed E-state index contributed by atoms with van der Waals surface area (Å²) in [5.41, 5.74) is 9.54. The molecule has 0 radical (unpaired) electrons. The highest BCUT2D eigenvalue weighted by molar-refractivity contribution is 5.63. The largest absolute Gasteiger partial charge is 0.212 e. The van der Waals surface area contributed by atoms with Gasteiger partial charge in [0, 0.05) is 17.2 Å². The van der Waals surface area contributed by atoms with E-state index in [2.05, 4.69) is 111 Å². The summed E-state index contributed by atoms with van der Waals surface area (Å²) in [4.78, 5) is 0. The minimum Gasteiger partial charge on any atom is -0.201 e. The summed E-state index contributed by atoms with van der Waals surface area (Å²) < 4.78 is 2.34. The molecule has 1 nitrogen and oxygen atoms in total. The Balaban J connectivity index is 2.06. The number of benzene rings is 1. The lowest BCUT2D eigenvalue weighted by molar-refractivity contribution is -0.661. The number of aromatic nitrogens is 1. The van der Waals surface area contributed by atoms with Crippen molar-refractivity contribution < 1.29 is 4.57 Å². The minimum absolute atomic E-state index is 0.113. The van der Waals surface area contributed by atoms with Crippen molar-refractivity contribution in [2.75, 3.05) is 0 Å². The molecule has 31 heavy (non-hydrogen) atoms. The molecule has 1 aliphatic rings. The van der Waals surface area contributed by atoms with Crippen LogP contribution in [0.15, 0.2) is 30.5 Å². The molecule has 0 amide bonds. The molecule has 1 heterocycles. The van der Waals surface area contributed by atoms with Crippen LogP contribution in [0, 0.1) is 12.3 Å². The molecule has 3 rings (SSSR count). The zero-order chi connectivity index (χ0) is 23.4. The molecular formula is C30H46N+. The third kappa shape index (κ3) is 4.91. The van der Waals surface area contributed by atoms with Crippen LogP contribution in [-0.4, -0.2) is 0 Å². The van der Waals surface area contributed by atoms with Crippen LogP contribution >= 0.6 is 0 Å². The van der Waals surface area contributed by atoms with E-state index in [1.807, 2.05) is 0 Å². The fourth-order valence-electron chi connectivity index (χ4n) is 5.23. The molecule has 1 aliphatic carbocycles. The Morgan fingerprint density at radius 1 is 0.774 bits per heavy atom. The van der Waals surface area contributed by atoms with E-state index in [0.29, 0.717) is 10.8 Å². The molecule has 0 spiro atoms. The SMILES string of the molecule is Cc1cc(C2(C)CCC(C)(C)CC2)ccc1-c1cc(C(C)(C)C)c(C(C)(C)C)c[n+]1C. The van der Waals surface area contributed by atoms with Gasteiger partial charge >= 0.3 is 0 Å². The molecule has 170 valence electrons. The number of rotatable bonds is 2. The van der Waals surface area contributed by atoms with Crippen LogP contribution in [0.5, 0.6) is 0 Å². The van der Waals surface area contributed by atoms with Crippen molar-refractivity contribution in [3.63, 3.8) is 0 Å². The van der Waals surface area contributed by atoms with Crippen LogP contribution in [0.3, 0.4) is 0 Å². The number of hydrogen-bond acceptors (Lipinski definition) is 0. The maximum Gasteiger partial charge on any atom is 0.212 e. The quantitative estimate of drug-likeness (QED) is 0.434. The Bertz CT molecular complexity index is 953. The molecule has 1 aromatic heterocycles. The number of pyridine rings is 1. The normalized spacial score (nSPS) is 18.8. The van der Waals surface area contributed by atoms with Gasteiger partial charge in [-0.2, -0.15) is 0 Å². The summed E-state index contributed by atoms with van der Waals surface area (Å²) in [5, 5.41) is 0. The molecule has 2 aromatic rings. The van der Waals surface area contributed by atoms with Crippen molar-refractivity contribution in [2.24, 2.45) is 12.5 Å². The van der Waals surface area contributed by atoms with Gasteiger partial charge in [-0.1, -0.05) is 74.4 Å². The fourth-order valence-corrected chi connectivity index (χ4v) is 5.23. The molecule has 1 heteroatoms. The van der Waals surface area contributed by atoms with Gasteiger partial charge in [-0.15, -0.1) is 0 Å². The van der Waals surface area contributed by atoms with Gasteiger partial charge in [0.1, 0.15) is 7.05 Å². The van der Waals surface area contributed by atoms with E-state index in [0.717, 1.165) is 0 Å². The highest BCUT2D eigenvalue weighted by Crippen LogP contribution is 2.47. The van der Waals surface area contributed by atoms with Crippen LogP contribution in [-0.2, 0) is 23.3 Å². The summed E-state index contributed by atoms with van der Waals surface area (Å²) in [5.74, 6) is 0. The number of nitrogens with zero attached hydrogens (tertiary/aromatic N) is 1. The minimum atomic E-state index is 0.113. The standard InChI is InChI=1S/C30H46N/c1-21-18-22(30(10)16-14-29(8,9)15-17-30)12-13-23(21)26-19-24(27(2,3)4)25(20-31(26)11)28(5,6)7/h12-13,18-20H,14-17H2,1-11H3/q+1. The van der Waals surface area contributed by atoms with E-state index in [4.69, 9.17) is 0 Å². The average molecular weight is 421 g/mol. The van der Waals surface area contributed by atoms with Crippen molar-refractivity contribution >= 4 is 0 Å². The maximum atomic E-state index is 2.48. The molecule has 1 fully saturated rings. The summed E-state index contributed by atoms with van der Waals surface area (Å²) in [6.45, 7) is 23.6. The van der Waals surface area contributed by atoms with Crippen molar-refractivity contribution in [2.45, 2.75) is 111 Å². The summed E-state index contributed by atoms with van der Waals surface area (Å²) in [7, 11) is 2.20. The van der Waals surface area contributed by atoms with E-state index >= 15 is 0 Å². The lowest BCUT2D eigenvalue weighted by Gasteiger charge is -2.42. The molecule has 1 aromatic carbocycles. The molecule has 1 saturated carbocycles. The van der Waals surface area contributed by atoms with Gasteiger partial charge in [-0.05, 0) is 77.0 Å². The second-order valence-electron chi connectivity index (χ2n) is 13.4. The van der Waals surface area contributed by atoms with Crippen LogP contribution in [0.4, 0.5) is 0 Å². The van der Waals surface area contributed by atoms with Crippen molar-refractivity contribution in [1.29, 1.82) is 0 Å². The Hall–Kier alpha value is -1.63. The first kappa shape index (κ1) is 24.0. The first-order valence-corrected chi connectivity index (χ1v) is 12.2.